The largest absolute Gasteiger partial charge is 0.458 e. The zero-order valence-corrected chi connectivity index (χ0v) is 33.2. The molecule has 0 aliphatic carbocycles. The second-order valence-corrected chi connectivity index (χ2v) is 16.1. The SMILES string of the molecule is C[C@@H]1C[C@H]2C(=O)O[C@@H](C)[C@H](NC(=O)[C@H](Cc3ccccc3)NC(=O)CCCc3ccccc3)C(=O)N3CCC[C@H]3C(=O)N3CCCC[C@H]3C(=O)N[C@@H](C)C(=O)N2C1. The number of nitrogens with one attached hydrogen (secondary N) is 3. The molecule has 14 heteroatoms. The van der Waals surface area contributed by atoms with E-state index in [9.17, 15) is 33.6 Å². The Morgan fingerprint density at radius 1 is 0.772 bits per heavy atom. The second kappa shape index (κ2) is 18.8. The van der Waals surface area contributed by atoms with Gasteiger partial charge in [-0.15, -0.1) is 0 Å². The number of cyclic esters (lactones) is 1. The van der Waals surface area contributed by atoms with E-state index >= 15 is 0 Å². The number of esters is 1. The van der Waals surface area contributed by atoms with Crippen LogP contribution >= 0.6 is 0 Å². The van der Waals surface area contributed by atoms with Crippen LogP contribution in [0.3, 0.4) is 0 Å². The summed E-state index contributed by atoms with van der Waals surface area (Å²) in [5.41, 5.74) is 1.88. The molecule has 3 N–H and O–H groups in total. The summed E-state index contributed by atoms with van der Waals surface area (Å²) in [6, 6.07) is 12.8. The molecule has 4 fully saturated rings. The molecule has 0 spiro atoms. The lowest BCUT2D eigenvalue weighted by atomic mass is 9.99. The van der Waals surface area contributed by atoms with Crippen LogP contribution in [0, 0.1) is 5.92 Å². The maximum atomic E-state index is 14.7. The first kappa shape index (κ1) is 41.4. The molecule has 57 heavy (non-hydrogen) atoms. The number of hydrogen-bond acceptors (Lipinski definition) is 8. The summed E-state index contributed by atoms with van der Waals surface area (Å²) in [5, 5.41) is 8.52. The van der Waals surface area contributed by atoms with Crippen LogP contribution in [0.4, 0.5) is 0 Å². The van der Waals surface area contributed by atoms with Crippen molar-refractivity contribution in [2.24, 2.45) is 5.92 Å². The zero-order chi connectivity index (χ0) is 40.6. The van der Waals surface area contributed by atoms with Crippen LogP contribution in [-0.4, -0.2) is 118 Å². The van der Waals surface area contributed by atoms with Gasteiger partial charge in [-0.25, -0.2) is 4.79 Å². The Morgan fingerprint density at radius 3 is 2.14 bits per heavy atom. The van der Waals surface area contributed by atoms with Crippen molar-refractivity contribution in [3.05, 3.63) is 71.8 Å². The molecule has 306 valence electrons. The fourth-order valence-corrected chi connectivity index (χ4v) is 8.65. The predicted molar refractivity (Wildman–Crippen MR) is 210 cm³/mol. The number of hydrogen-bond donors (Lipinski definition) is 3. The van der Waals surface area contributed by atoms with E-state index in [1.54, 1.807) is 6.92 Å². The van der Waals surface area contributed by atoms with Crippen molar-refractivity contribution in [3.8, 4) is 0 Å². The van der Waals surface area contributed by atoms with Crippen LogP contribution in [0.2, 0.25) is 0 Å². The first-order valence-electron chi connectivity index (χ1n) is 20.5. The Kier molecular flexibility index (Phi) is 13.6. The van der Waals surface area contributed by atoms with Crippen LogP contribution in [0.5, 0.6) is 0 Å². The number of ether oxygens (including phenoxy) is 1. The van der Waals surface area contributed by atoms with Gasteiger partial charge >= 0.3 is 5.97 Å². The molecule has 4 heterocycles. The van der Waals surface area contributed by atoms with Gasteiger partial charge in [0.2, 0.25) is 35.4 Å². The van der Waals surface area contributed by atoms with Gasteiger partial charge in [-0.2, -0.15) is 0 Å². The summed E-state index contributed by atoms with van der Waals surface area (Å²) in [6.45, 7) is 5.81. The highest BCUT2D eigenvalue weighted by Crippen LogP contribution is 2.29. The molecule has 14 nitrogen and oxygen atoms in total. The van der Waals surface area contributed by atoms with Gasteiger partial charge in [-0.1, -0.05) is 67.6 Å². The van der Waals surface area contributed by atoms with Crippen LogP contribution in [0.15, 0.2) is 60.7 Å². The maximum Gasteiger partial charge on any atom is 0.329 e. The first-order chi connectivity index (χ1) is 27.4. The third-order valence-corrected chi connectivity index (χ3v) is 11.7. The van der Waals surface area contributed by atoms with Gasteiger partial charge < -0.3 is 35.4 Å². The lowest BCUT2D eigenvalue weighted by Crippen LogP contribution is -2.63. The third-order valence-electron chi connectivity index (χ3n) is 11.7. The summed E-state index contributed by atoms with van der Waals surface area (Å²) in [4.78, 5) is 103. The Balaban J connectivity index is 1.29. The quantitative estimate of drug-likeness (QED) is 0.325. The van der Waals surface area contributed by atoms with Crippen molar-refractivity contribution < 1.29 is 38.3 Å². The Hall–Kier alpha value is -5.27. The van der Waals surface area contributed by atoms with Crippen LogP contribution in [0.1, 0.15) is 83.3 Å². The summed E-state index contributed by atoms with van der Waals surface area (Å²) in [7, 11) is 0. The van der Waals surface area contributed by atoms with Gasteiger partial charge in [-0.05, 0) is 82.3 Å². The monoisotopic (exact) mass is 784 g/mol. The van der Waals surface area contributed by atoms with Gasteiger partial charge in [0, 0.05) is 32.5 Å². The Labute approximate surface area is 334 Å². The predicted octanol–water partition coefficient (Wildman–Crippen LogP) is 2.28. The molecule has 4 saturated heterocycles. The van der Waals surface area contributed by atoms with Crippen molar-refractivity contribution in [1.29, 1.82) is 0 Å². The van der Waals surface area contributed by atoms with Crippen molar-refractivity contribution in [2.45, 2.75) is 127 Å². The molecule has 0 unspecified atom stereocenters. The molecular formula is C43H56N6O8. The number of aryl methyl sites for hydroxylation is 1. The number of piperidine rings is 1. The van der Waals surface area contributed by atoms with E-state index in [2.05, 4.69) is 16.0 Å². The topological polar surface area (TPSA) is 175 Å². The van der Waals surface area contributed by atoms with Gasteiger partial charge in [0.1, 0.15) is 42.4 Å². The molecule has 0 radical (unpaired) electrons. The molecule has 2 aromatic rings. The highest BCUT2D eigenvalue weighted by Gasteiger charge is 2.47. The van der Waals surface area contributed by atoms with E-state index < -0.39 is 72.0 Å². The standard InChI is InChI=1S/C43H56N6O8/c1-27-24-35-43(56)57-29(3)37(46-38(51)32(25-31-16-8-5-9-17-31)45-36(50)21-12-18-30-14-6-4-7-15-30)42(55)48-23-13-20-34(48)41(54)47-22-11-10-19-33(47)39(52)44-28(2)40(53)49(35)26-27/h4-9,14-17,27-29,32-35,37H,10-13,18-26H2,1-3H3,(H,44,52)(H,45,50)(H,46,51)/t27-,28+,29+,32+,33+,34+,35+,37+/m1/s1. The molecule has 4 aliphatic heterocycles. The normalized spacial score (nSPS) is 27.8. The molecule has 2 aromatic carbocycles. The number of amides is 6. The van der Waals surface area contributed by atoms with Crippen LogP contribution < -0.4 is 16.0 Å². The maximum absolute atomic E-state index is 14.7. The fraction of sp³-hybridized carbons (Fsp3) is 0.558. The van der Waals surface area contributed by atoms with E-state index in [0.717, 1.165) is 11.1 Å². The number of fused-ring (bicyclic) bond motifs is 3. The van der Waals surface area contributed by atoms with Crippen molar-refractivity contribution >= 4 is 41.4 Å². The molecule has 6 amide bonds. The van der Waals surface area contributed by atoms with Crippen LogP contribution in [0.25, 0.3) is 0 Å². The van der Waals surface area contributed by atoms with Gasteiger partial charge in [0.15, 0.2) is 0 Å². The van der Waals surface area contributed by atoms with Gasteiger partial charge in [0.25, 0.3) is 0 Å². The van der Waals surface area contributed by atoms with E-state index in [0.29, 0.717) is 57.9 Å². The fourth-order valence-electron chi connectivity index (χ4n) is 8.65. The average Bonchev–Trinajstić information content (AvgIpc) is 3.86. The zero-order valence-electron chi connectivity index (χ0n) is 33.2. The summed E-state index contributed by atoms with van der Waals surface area (Å²) >= 11 is 0. The number of carbonyl (C=O) groups excluding carboxylic acids is 7. The average molecular weight is 785 g/mol. The molecule has 0 aromatic heterocycles. The third kappa shape index (κ3) is 10.0. The smallest absolute Gasteiger partial charge is 0.329 e. The van der Waals surface area contributed by atoms with Crippen molar-refractivity contribution in [3.63, 3.8) is 0 Å². The molecular weight excluding hydrogens is 729 g/mol. The molecule has 0 saturated carbocycles. The highest BCUT2D eigenvalue weighted by atomic mass is 16.5. The number of carbonyl (C=O) groups is 7. The summed E-state index contributed by atoms with van der Waals surface area (Å²) < 4.78 is 5.97. The first-order valence-corrected chi connectivity index (χ1v) is 20.5. The molecule has 6 rings (SSSR count). The van der Waals surface area contributed by atoms with Crippen molar-refractivity contribution in [2.75, 3.05) is 19.6 Å². The van der Waals surface area contributed by atoms with E-state index in [4.69, 9.17) is 4.74 Å². The summed E-state index contributed by atoms with van der Waals surface area (Å²) in [6.07, 6.45) is 3.32. The van der Waals surface area contributed by atoms with E-state index in [1.165, 1.54) is 21.6 Å². The second-order valence-electron chi connectivity index (χ2n) is 16.1. The van der Waals surface area contributed by atoms with Gasteiger partial charge in [-0.3, -0.25) is 28.8 Å². The molecule has 0 bridgehead atoms. The number of rotatable bonds is 9. The van der Waals surface area contributed by atoms with Crippen LogP contribution in [-0.2, 0) is 51.1 Å². The number of benzene rings is 2. The highest BCUT2D eigenvalue weighted by molar-refractivity contribution is 5.98. The number of nitrogens with zero attached hydrogens (tertiary/aromatic N) is 3. The van der Waals surface area contributed by atoms with E-state index in [-0.39, 0.29) is 43.7 Å². The summed E-state index contributed by atoms with van der Waals surface area (Å²) in [5.74, 6) is -3.66. The Morgan fingerprint density at radius 2 is 1.42 bits per heavy atom. The van der Waals surface area contributed by atoms with Gasteiger partial charge in [0.05, 0.1) is 0 Å². The molecule has 4 aliphatic rings. The lowest BCUT2D eigenvalue weighted by molar-refractivity contribution is -0.163. The minimum Gasteiger partial charge on any atom is -0.458 e. The minimum atomic E-state index is -1.43. The minimum absolute atomic E-state index is 0.0456. The Bertz CT molecular complexity index is 1790. The van der Waals surface area contributed by atoms with E-state index in [1.807, 2.05) is 67.6 Å². The van der Waals surface area contributed by atoms with Crippen molar-refractivity contribution in [1.82, 2.24) is 30.7 Å². The lowest BCUT2D eigenvalue weighted by Gasteiger charge is -2.39. The molecule has 8 atom stereocenters.